The lowest BCUT2D eigenvalue weighted by Gasteiger charge is -2.14. The first-order valence-corrected chi connectivity index (χ1v) is 7.70. The van der Waals surface area contributed by atoms with Gasteiger partial charge < -0.3 is 9.64 Å². The molecule has 0 bridgehead atoms. The molecule has 4 heteroatoms. The Morgan fingerprint density at radius 1 is 1.36 bits per heavy atom. The van der Waals surface area contributed by atoms with Gasteiger partial charge in [0.05, 0.1) is 13.0 Å². The molecule has 1 aliphatic rings. The molecule has 22 heavy (non-hydrogen) atoms. The summed E-state index contributed by atoms with van der Waals surface area (Å²) in [5.74, 6) is 0.234. The molecule has 0 saturated heterocycles. The third kappa shape index (κ3) is 4.20. The molecule has 1 heterocycles. The zero-order valence-electron chi connectivity index (χ0n) is 13.5. The van der Waals surface area contributed by atoms with Gasteiger partial charge in [0, 0.05) is 19.2 Å². The molecule has 0 spiro atoms. The zero-order chi connectivity index (χ0) is 16.1. The highest BCUT2D eigenvalue weighted by molar-refractivity contribution is 5.94. The number of hydrogen-bond acceptors (Lipinski definition) is 3. The summed E-state index contributed by atoms with van der Waals surface area (Å²) >= 11 is 0. The van der Waals surface area contributed by atoms with Gasteiger partial charge in [-0.25, -0.2) is 0 Å². The number of rotatable bonds is 5. The topological polar surface area (TPSA) is 46.6 Å². The normalized spacial score (nSPS) is 13.7. The fourth-order valence-corrected chi connectivity index (χ4v) is 2.46. The minimum Gasteiger partial charge on any atom is -0.465 e. The minimum atomic E-state index is -0.200. The second-order valence-electron chi connectivity index (χ2n) is 5.99. The van der Waals surface area contributed by atoms with Gasteiger partial charge in [-0.2, -0.15) is 0 Å². The molecule has 1 aromatic rings. The van der Waals surface area contributed by atoms with E-state index in [2.05, 4.69) is 6.07 Å². The van der Waals surface area contributed by atoms with Crippen molar-refractivity contribution >= 4 is 23.6 Å². The van der Waals surface area contributed by atoms with Crippen LogP contribution in [0, 0.1) is 5.92 Å². The van der Waals surface area contributed by atoms with Gasteiger partial charge in [0.25, 0.3) is 0 Å². The number of hydrogen-bond donors (Lipinski definition) is 0. The van der Waals surface area contributed by atoms with Crippen molar-refractivity contribution in [2.45, 2.75) is 33.6 Å². The first-order valence-electron chi connectivity index (χ1n) is 7.70. The molecular formula is C18H23NO3. The van der Waals surface area contributed by atoms with Crippen LogP contribution < -0.4 is 4.90 Å². The molecule has 0 aromatic heterocycles. The Kier molecular flexibility index (Phi) is 5.36. The van der Waals surface area contributed by atoms with Crippen molar-refractivity contribution < 1.29 is 14.3 Å². The highest BCUT2D eigenvalue weighted by Crippen LogP contribution is 2.29. The molecule has 0 aliphatic carbocycles. The number of anilines is 1. The predicted octanol–water partition coefficient (Wildman–Crippen LogP) is 3.20. The molecule has 118 valence electrons. The van der Waals surface area contributed by atoms with Crippen LogP contribution in [-0.2, 0) is 20.7 Å². The molecule has 1 aromatic carbocycles. The van der Waals surface area contributed by atoms with Gasteiger partial charge in [-0.15, -0.1) is 0 Å². The number of nitrogens with zero attached hydrogens (tertiary/aromatic N) is 1. The number of carbonyl (C=O) groups excluding carboxylic acids is 2. The summed E-state index contributed by atoms with van der Waals surface area (Å²) in [4.78, 5) is 24.8. The van der Waals surface area contributed by atoms with Crippen LogP contribution >= 0.6 is 0 Å². The van der Waals surface area contributed by atoms with E-state index in [1.807, 2.05) is 38.1 Å². The Labute approximate surface area is 131 Å². The molecule has 4 nitrogen and oxygen atoms in total. The SMILES string of the molecule is CC(=O)N1CCc2cc(/C=C/CC(=O)OCC(C)C)ccc21. The first kappa shape index (κ1) is 16.3. The Bertz CT molecular complexity index is 590. The maximum absolute atomic E-state index is 11.5. The van der Waals surface area contributed by atoms with Crippen LogP contribution in [0.25, 0.3) is 6.08 Å². The zero-order valence-corrected chi connectivity index (χ0v) is 13.5. The van der Waals surface area contributed by atoms with Crippen molar-refractivity contribution in [2.75, 3.05) is 18.1 Å². The van der Waals surface area contributed by atoms with Crippen LogP contribution in [0.2, 0.25) is 0 Å². The second-order valence-corrected chi connectivity index (χ2v) is 5.99. The average Bonchev–Trinajstić information content (AvgIpc) is 2.88. The van der Waals surface area contributed by atoms with Gasteiger partial charge in [-0.1, -0.05) is 32.1 Å². The molecule has 1 amide bonds. The molecule has 0 atom stereocenters. The lowest BCUT2D eigenvalue weighted by atomic mass is 10.1. The predicted molar refractivity (Wildman–Crippen MR) is 87.6 cm³/mol. The smallest absolute Gasteiger partial charge is 0.309 e. The molecule has 0 radical (unpaired) electrons. The monoisotopic (exact) mass is 301 g/mol. The number of ether oxygens (including phenoxy) is 1. The average molecular weight is 301 g/mol. The van der Waals surface area contributed by atoms with Crippen LogP contribution in [0.5, 0.6) is 0 Å². The van der Waals surface area contributed by atoms with Crippen LogP contribution in [0.3, 0.4) is 0 Å². The van der Waals surface area contributed by atoms with E-state index in [1.165, 1.54) is 5.56 Å². The summed E-state index contributed by atoms with van der Waals surface area (Å²) in [5, 5.41) is 0. The van der Waals surface area contributed by atoms with Gasteiger partial charge in [0.2, 0.25) is 5.91 Å². The van der Waals surface area contributed by atoms with Crippen LogP contribution in [0.1, 0.15) is 38.3 Å². The Morgan fingerprint density at radius 2 is 2.14 bits per heavy atom. The quantitative estimate of drug-likeness (QED) is 0.785. The maximum atomic E-state index is 11.5. The molecule has 0 N–H and O–H groups in total. The van der Waals surface area contributed by atoms with Gasteiger partial charge in [-0.05, 0) is 35.6 Å². The van der Waals surface area contributed by atoms with Gasteiger partial charge in [0.1, 0.15) is 0 Å². The molecule has 0 fully saturated rings. The third-order valence-electron chi connectivity index (χ3n) is 3.55. The van der Waals surface area contributed by atoms with E-state index in [9.17, 15) is 9.59 Å². The summed E-state index contributed by atoms with van der Waals surface area (Å²) in [6.07, 6.45) is 4.91. The van der Waals surface area contributed by atoms with Gasteiger partial charge in [-0.3, -0.25) is 9.59 Å². The number of benzene rings is 1. The summed E-state index contributed by atoms with van der Waals surface area (Å²) in [6, 6.07) is 6.02. The third-order valence-corrected chi connectivity index (χ3v) is 3.55. The summed E-state index contributed by atoms with van der Waals surface area (Å²) in [5.41, 5.74) is 3.22. The Hall–Kier alpha value is -2.10. The van der Waals surface area contributed by atoms with E-state index in [4.69, 9.17) is 4.74 Å². The molecule has 2 rings (SSSR count). The summed E-state index contributed by atoms with van der Waals surface area (Å²) in [7, 11) is 0. The molecule has 0 unspecified atom stereocenters. The highest BCUT2D eigenvalue weighted by Gasteiger charge is 2.21. The summed E-state index contributed by atoms with van der Waals surface area (Å²) in [6.45, 7) is 6.83. The number of fused-ring (bicyclic) bond motifs is 1. The Balaban J connectivity index is 1.93. The molecule has 1 aliphatic heterocycles. The molecular weight excluding hydrogens is 278 g/mol. The van der Waals surface area contributed by atoms with E-state index in [0.29, 0.717) is 12.5 Å². The van der Waals surface area contributed by atoms with Crippen molar-refractivity contribution in [3.8, 4) is 0 Å². The van der Waals surface area contributed by atoms with Crippen LogP contribution in [0.4, 0.5) is 5.69 Å². The van der Waals surface area contributed by atoms with Crippen molar-refractivity contribution in [3.05, 3.63) is 35.4 Å². The first-order chi connectivity index (χ1) is 10.5. The van der Waals surface area contributed by atoms with Gasteiger partial charge in [0.15, 0.2) is 0 Å². The van der Waals surface area contributed by atoms with E-state index >= 15 is 0 Å². The lowest BCUT2D eigenvalue weighted by molar-refractivity contribution is -0.143. The Morgan fingerprint density at radius 3 is 2.82 bits per heavy atom. The lowest BCUT2D eigenvalue weighted by Crippen LogP contribution is -2.25. The highest BCUT2D eigenvalue weighted by atomic mass is 16.5. The van der Waals surface area contributed by atoms with Crippen molar-refractivity contribution in [3.63, 3.8) is 0 Å². The van der Waals surface area contributed by atoms with E-state index < -0.39 is 0 Å². The maximum Gasteiger partial charge on any atom is 0.309 e. The fourth-order valence-electron chi connectivity index (χ4n) is 2.46. The van der Waals surface area contributed by atoms with Crippen molar-refractivity contribution in [1.29, 1.82) is 0 Å². The standard InChI is InChI=1S/C18H23NO3/c1-13(2)12-22-18(21)6-4-5-15-7-8-17-16(11-15)9-10-19(17)14(3)20/h4-5,7-8,11,13H,6,9-10,12H2,1-3H3/b5-4+. The van der Waals surface area contributed by atoms with Crippen molar-refractivity contribution in [2.24, 2.45) is 5.92 Å². The van der Waals surface area contributed by atoms with Crippen molar-refractivity contribution in [1.82, 2.24) is 0 Å². The van der Waals surface area contributed by atoms with E-state index in [0.717, 1.165) is 24.2 Å². The van der Waals surface area contributed by atoms with Crippen LogP contribution in [-0.4, -0.2) is 25.0 Å². The number of amides is 1. The second kappa shape index (κ2) is 7.25. The number of esters is 1. The van der Waals surface area contributed by atoms with E-state index in [1.54, 1.807) is 11.8 Å². The van der Waals surface area contributed by atoms with Crippen LogP contribution in [0.15, 0.2) is 24.3 Å². The largest absolute Gasteiger partial charge is 0.465 e. The number of carbonyl (C=O) groups is 2. The summed E-state index contributed by atoms with van der Waals surface area (Å²) < 4.78 is 5.12. The molecule has 0 saturated carbocycles. The van der Waals surface area contributed by atoms with E-state index in [-0.39, 0.29) is 18.3 Å². The van der Waals surface area contributed by atoms with Gasteiger partial charge >= 0.3 is 5.97 Å². The minimum absolute atomic E-state index is 0.0786. The fraction of sp³-hybridized carbons (Fsp3) is 0.444.